The van der Waals surface area contributed by atoms with Gasteiger partial charge in [0, 0.05) is 23.2 Å². The van der Waals surface area contributed by atoms with Crippen LogP contribution >= 0.6 is 0 Å². The van der Waals surface area contributed by atoms with Crippen LogP contribution in [0.5, 0.6) is 5.75 Å². The fourth-order valence-corrected chi connectivity index (χ4v) is 2.73. The van der Waals surface area contributed by atoms with Crippen LogP contribution in [0.2, 0.25) is 0 Å². The Balaban J connectivity index is 1.77. The van der Waals surface area contributed by atoms with E-state index in [0.717, 1.165) is 34.5 Å². The molecule has 2 heterocycles. The maximum atomic E-state index is 12.4. The average molecular weight is 326 g/mol. The predicted octanol–water partition coefficient (Wildman–Crippen LogP) is 3.53. The summed E-state index contributed by atoms with van der Waals surface area (Å²) >= 11 is 0. The number of carbonyl (C=O) groups excluding carboxylic acids is 1. The Hall–Kier alpha value is -2.76. The zero-order valence-corrected chi connectivity index (χ0v) is 14.2. The lowest BCUT2D eigenvalue weighted by Gasteiger charge is -2.14. The number of fused-ring (bicyclic) bond motifs is 1. The standard InChI is InChI=1S/C18H22N4O2/c1-4-12(2)22-17(7-8-20-22)21-18(23)9-13-11-19-16-6-5-14(24-3)10-15(13)16/h5-8,10-12,19H,4,9H2,1-3H3,(H,21,23). The van der Waals surface area contributed by atoms with Crippen molar-refractivity contribution in [2.45, 2.75) is 32.7 Å². The second-order valence-corrected chi connectivity index (χ2v) is 5.87. The quantitative estimate of drug-likeness (QED) is 0.728. The van der Waals surface area contributed by atoms with E-state index >= 15 is 0 Å². The lowest BCUT2D eigenvalue weighted by atomic mass is 10.1. The SMILES string of the molecule is CCC(C)n1nccc1NC(=O)Cc1c[nH]c2ccc(OC)cc12. The van der Waals surface area contributed by atoms with Crippen LogP contribution in [0, 0.1) is 0 Å². The molecule has 0 bridgehead atoms. The Morgan fingerprint density at radius 1 is 1.42 bits per heavy atom. The van der Waals surface area contributed by atoms with Gasteiger partial charge in [-0.2, -0.15) is 5.10 Å². The van der Waals surface area contributed by atoms with Crippen LogP contribution in [0.1, 0.15) is 31.9 Å². The number of H-pyrrole nitrogens is 1. The highest BCUT2D eigenvalue weighted by Gasteiger charge is 2.13. The molecule has 6 nitrogen and oxygen atoms in total. The molecule has 3 aromatic rings. The van der Waals surface area contributed by atoms with E-state index in [1.54, 1.807) is 13.3 Å². The minimum atomic E-state index is -0.0660. The molecule has 1 atom stereocenters. The van der Waals surface area contributed by atoms with Crippen LogP contribution in [-0.2, 0) is 11.2 Å². The van der Waals surface area contributed by atoms with E-state index in [0.29, 0.717) is 6.42 Å². The summed E-state index contributed by atoms with van der Waals surface area (Å²) in [7, 11) is 1.64. The Labute approximate surface area is 140 Å². The van der Waals surface area contributed by atoms with Crippen molar-refractivity contribution < 1.29 is 9.53 Å². The van der Waals surface area contributed by atoms with Gasteiger partial charge in [0.1, 0.15) is 11.6 Å². The van der Waals surface area contributed by atoms with E-state index in [9.17, 15) is 4.79 Å². The van der Waals surface area contributed by atoms with Gasteiger partial charge >= 0.3 is 0 Å². The molecular formula is C18H22N4O2. The van der Waals surface area contributed by atoms with Gasteiger partial charge in [0.15, 0.2) is 0 Å². The number of nitrogens with one attached hydrogen (secondary N) is 2. The lowest BCUT2D eigenvalue weighted by molar-refractivity contribution is -0.115. The summed E-state index contributed by atoms with van der Waals surface area (Å²) in [5.74, 6) is 1.44. The molecule has 0 aliphatic carbocycles. The van der Waals surface area contributed by atoms with Crippen LogP contribution in [-0.4, -0.2) is 27.8 Å². The Kier molecular flexibility index (Phi) is 4.55. The zero-order valence-electron chi connectivity index (χ0n) is 14.2. The molecule has 1 amide bonds. The molecule has 0 aliphatic heterocycles. The molecule has 2 aromatic heterocycles. The summed E-state index contributed by atoms with van der Waals surface area (Å²) in [5.41, 5.74) is 1.93. The van der Waals surface area contributed by atoms with Gasteiger partial charge in [-0.1, -0.05) is 6.92 Å². The Bertz CT molecular complexity index is 850. The van der Waals surface area contributed by atoms with E-state index in [2.05, 4.69) is 29.2 Å². The summed E-state index contributed by atoms with van der Waals surface area (Å²) in [6.45, 7) is 4.17. The molecule has 1 aromatic carbocycles. The van der Waals surface area contributed by atoms with Crippen molar-refractivity contribution in [1.29, 1.82) is 0 Å². The molecule has 0 radical (unpaired) electrons. The first-order valence-corrected chi connectivity index (χ1v) is 8.09. The number of hydrogen-bond donors (Lipinski definition) is 2. The number of amides is 1. The van der Waals surface area contributed by atoms with E-state index < -0.39 is 0 Å². The maximum absolute atomic E-state index is 12.4. The van der Waals surface area contributed by atoms with Gasteiger partial charge in [-0.05, 0) is 37.1 Å². The van der Waals surface area contributed by atoms with Crippen LogP contribution in [0.3, 0.4) is 0 Å². The van der Waals surface area contributed by atoms with Crippen molar-refractivity contribution in [2.75, 3.05) is 12.4 Å². The third-order valence-electron chi connectivity index (χ3n) is 4.27. The first kappa shape index (κ1) is 16.1. The number of aromatic amines is 1. The van der Waals surface area contributed by atoms with Crippen molar-refractivity contribution in [3.05, 3.63) is 42.2 Å². The molecule has 6 heteroatoms. The van der Waals surface area contributed by atoms with Crippen molar-refractivity contribution in [1.82, 2.24) is 14.8 Å². The number of benzene rings is 1. The Morgan fingerprint density at radius 3 is 3.00 bits per heavy atom. The number of carbonyl (C=O) groups is 1. The number of rotatable bonds is 6. The number of hydrogen-bond acceptors (Lipinski definition) is 3. The maximum Gasteiger partial charge on any atom is 0.230 e. The molecule has 0 saturated carbocycles. The fourth-order valence-electron chi connectivity index (χ4n) is 2.73. The number of nitrogens with zero attached hydrogens (tertiary/aromatic N) is 2. The first-order chi connectivity index (χ1) is 11.6. The molecule has 24 heavy (non-hydrogen) atoms. The summed E-state index contributed by atoms with van der Waals surface area (Å²) in [6, 6.07) is 7.86. The highest BCUT2D eigenvalue weighted by atomic mass is 16.5. The molecule has 0 saturated heterocycles. The number of ether oxygens (including phenoxy) is 1. The summed E-state index contributed by atoms with van der Waals surface area (Å²) in [5, 5.41) is 8.24. The van der Waals surface area contributed by atoms with E-state index in [4.69, 9.17) is 4.74 Å². The second kappa shape index (κ2) is 6.78. The van der Waals surface area contributed by atoms with Crippen LogP contribution in [0.15, 0.2) is 36.7 Å². The first-order valence-electron chi connectivity index (χ1n) is 8.09. The van der Waals surface area contributed by atoms with Crippen LogP contribution in [0.4, 0.5) is 5.82 Å². The molecule has 126 valence electrons. The highest BCUT2D eigenvalue weighted by molar-refractivity contribution is 5.95. The molecule has 0 spiro atoms. The van der Waals surface area contributed by atoms with Crippen LogP contribution in [0.25, 0.3) is 10.9 Å². The van der Waals surface area contributed by atoms with Crippen molar-refractivity contribution in [3.8, 4) is 5.75 Å². The van der Waals surface area contributed by atoms with Gasteiger partial charge in [-0.15, -0.1) is 0 Å². The van der Waals surface area contributed by atoms with Gasteiger partial charge in [-0.25, -0.2) is 4.68 Å². The number of methoxy groups -OCH3 is 1. The lowest BCUT2D eigenvalue weighted by Crippen LogP contribution is -2.18. The van der Waals surface area contributed by atoms with Crippen molar-refractivity contribution in [3.63, 3.8) is 0 Å². The minimum absolute atomic E-state index is 0.0660. The molecule has 1 unspecified atom stereocenters. The summed E-state index contributed by atoms with van der Waals surface area (Å²) in [6.07, 6.45) is 4.82. The minimum Gasteiger partial charge on any atom is -0.497 e. The van der Waals surface area contributed by atoms with Gasteiger partial charge in [0.25, 0.3) is 0 Å². The van der Waals surface area contributed by atoms with Gasteiger partial charge < -0.3 is 15.0 Å². The topological polar surface area (TPSA) is 71.9 Å². The fraction of sp³-hybridized carbons (Fsp3) is 0.333. The molecular weight excluding hydrogens is 304 g/mol. The van der Waals surface area contributed by atoms with Crippen molar-refractivity contribution in [2.24, 2.45) is 0 Å². The molecule has 2 N–H and O–H groups in total. The number of aromatic nitrogens is 3. The van der Waals surface area contributed by atoms with Gasteiger partial charge in [-0.3, -0.25) is 4.79 Å². The largest absolute Gasteiger partial charge is 0.497 e. The second-order valence-electron chi connectivity index (χ2n) is 5.87. The van der Waals surface area contributed by atoms with Gasteiger partial charge in [0.2, 0.25) is 5.91 Å². The van der Waals surface area contributed by atoms with E-state index in [1.165, 1.54) is 0 Å². The number of anilines is 1. The third-order valence-corrected chi connectivity index (χ3v) is 4.27. The normalized spacial score (nSPS) is 12.3. The molecule has 0 fully saturated rings. The van der Waals surface area contributed by atoms with Gasteiger partial charge in [0.05, 0.1) is 25.8 Å². The van der Waals surface area contributed by atoms with E-state index in [1.807, 2.05) is 35.1 Å². The van der Waals surface area contributed by atoms with Crippen molar-refractivity contribution >= 4 is 22.6 Å². The Morgan fingerprint density at radius 2 is 2.25 bits per heavy atom. The predicted molar refractivity (Wildman–Crippen MR) is 94.4 cm³/mol. The average Bonchev–Trinajstić information content (AvgIpc) is 3.21. The zero-order chi connectivity index (χ0) is 17.1. The summed E-state index contributed by atoms with van der Waals surface area (Å²) in [4.78, 5) is 15.6. The summed E-state index contributed by atoms with van der Waals surface area (Å²) < 4.78 is 7.11. The van der Waals surface area contributed by atoms with Crippen LogP contribution < -0.4 is 10.1 Å². The smallest absolute Gasteiger partial charge is 0.230 e. The molecule has 3 rings (SSSR count). The highest BCUT2D eigenvalue weighted by Crippen LogP contribution is 2.24. The third kappa shape index (κ3) is 3.13. The monoisotopic (exact) mass is 326 g/mol. The molecule has 0 aliphatic rings. The van der Waals surface area contributed by atoms with E-state index in [-0.39, 0.29) is 11.9 Å².